The Morgan fingerprint density at radius 3 is 2.83 bits per heavy atom. The molecule has 3 aromatic rings. The Morgan fingerprint density at radius 1 is 1.40 bits per heavy atom. The molecule has 1 aromatic carbocycles. The second-order valence-corrected chi connectivity index (χ2v) is 8.05. The number of nitrogens with zero attached hydrogens (tertiary/aromatic N) is 3. The number of primary amides is 1. The van der Waals surface area contributed by atoms with Crippen LogP contribution in [0.2, 0.25) is 0 Å². The van der Waals surface area contributed by atoms with Crippen LogP contribution in [0.25, 0.3) is 16.9 Å². The molecule has 0 spiro atoms. The first-order chi connectivity index (χ1) is 14.5. The third-order valence-corrected chi connectivity index (χ3v) is 5.90. The first kappa shape index (κ1) is 18.9. The van der Waals surface area contributed by atoms with Crippen LogP contribution in [0, 0.1) is 5.92 Å². The molecule has 1 atom stereocenters. The zero-order valence-corrected chi connectivity index (χ0v) is 16.7. The fourth-order valence-electron chi connectivity index (χ4n) is 3.99. The van der Waals surface area contributed by atoms with Crippen molar-refractivity contribution in [2.75, 3.05) is 13.2 Å². The molecule has 8 heteroatoms. The molecule has 1 amide bonds. The number of aromatic nitrogens is 3. The summed E-state index contributed by atoms with van der Waals surface area (Å²) in [5, 5.41) is 14.9. The number of carbonyl (C=O) groups is 1. The lowest BCUT2D eigenvalue weighted by atomic mass is 10.1. The van der Waals surface area contributed by atoms with Gasteiger partial charge in [0.1, 0.15) is 28.9 Å². The van der Waals surface area contributed by atoms with Crippen molar-refractivity contribution in [2.45, 2.75) is 32.0 Å². The number of aliphatic hydroxyl groups is 1. The van der Waals surface area contributed by atoms with Gasteiger partial charge in [0, 0.05) is 30.8 Å². The van der Waals surface area contributed by atoms with Gasteiger partial charge < -0.3 is 20.6 Å². The van der Waals surface area contributed by atoms with E-state index >= 15 is 0 Å². The van der Waals surface area contributed by atoms with Crippen molar-refractivity contribution in [1.82, 2.24) is 19.5 Å². The van der Waals surface area contributed by atoms with Gasteiger partial charge in [0.05, 0.1) is 12.3 Å². The van der Waals surface area contributed by atoms with E-state index in [1.807, 2.05) is 29.2 Å². The summed E-state index contributed by atoms with van der Waals surface area (Å²) in [6.45, 7) is 5.59. The Hall–Kier alpha value is -3.10. The molecule has 0 bridgehead atoms. The number of H-pyrrole nitrogens is 1. The lowest BCUT2D eigenvalue weighted by Gasteiger charge is -2.29. The number of fused-ring (bicyclic) bond motifs is 3. The van der Waals surface area contributed by atoms with Crippen molar-refractivity contribution in [3.63, 3.8) is 0 Å². The van der Waals surface area contributed by atoms with Crippen molar-refractivity contribution in [1.29, 1.82) is 0 Å². The van der Waals surface area contributed by atoms with Gasteiger partial charge in [0.25, 0.3) is 5.91 Å². The summed E-state index contributed by atoms with van der Waals surface area (Å²) in [4.78, 5) is 17.5. The Morgan fingerprint density at radius 2 is 2.17 bits per heavy atom. The minimum atomic E-state index is -0.725. The highest BCUT2D eigenvalue weighted by molar-refractivity contribution is 6.04. The maximum absolute atomic E-state index is 12.3. The standard InChI is InChI=1S/C22H25N5O3/c1-2-18(28)26-10-9-16-17(11-26)27-22(24-16)19(21(23)29)20(25-27)14-5-7-15(8-6-14)30-12-13-3-4-13/h2,5-8,13,18,24,28H,1,3-4,9-12H2,(H2,23,29). The van der Waals surface area contributed by atoms with E-state index in [0.29, 0.717) is 42.3 Å². The number of hydrogen-bond acceptors (Lipinski definition) is 5. The summed E-state index contributed by atoms with van der Waals surface area (Å²) in [5.74, 6) is 0.962. The number of carbonyl (C=O) groups excluding carboxylic acids is 1. The van der Waals surface area contributed by atoms with Crippen LogP contribution in [0.3, 0.4) is 0 Å². The molecule has 1 fully saturated rings. The maximum Gasteiger partial charge on any atom is 0.254 e. The molecule has 5 rings (SSSR count). The SMILES string of the molecule is C=CC(O)N1CCc2[nH]c3c(C(N)=O)c(-c4ccc(OCC5CC5)cc4)nn3c2C1. The van der Waals surface area contributed by atoms with Gasteiger partial charge in [-0.3, -0.25) is 9.69 Å². The first-order valence-corrected chi connectivity index (χ1v) is 10.3. The highest BCUT2D eigenvalue weighted by Gasteiger charge is 2.29. The Balaban J connectivity index is 1.51. The van der Waals surface area contributed by atoms with Gasteiger partial charge in [-0.25, -0.2) is 4.52 Å². The molecule has 1 aliphatic heterocycles. The van der Waals surface area contributed by atoms with E-state index in [1.54, 1.807) is 4.52 Å². The van der Waals surface area contributed by atoms with E-state index < -0.39 is 12.1 Å². The van der Waals surface area contributed by atoms with Gasteiger partial charge in [-0.2, -0.15) is 5.10 Å². The monoisotopic (exact) mass is 407 g/mol. The summed E-state index contributed by atoms with van der Waals surface area (Å²) in [7, 11) is 0. The van der Waals surface area contributed by atoms with Crippen LogP contribution in [0.4, 0.5) is 0 Å². The summed E-state index contributed by atoms with van der Waals surface area (Å²) < 4.78 is 7.54. The predicted molar refractivity (Wildman–Crippen MR) is 112 cm³/mol. The molecule has 8 nitrogen and oxygen atoms in total. The Kier molecular flexibility index (Phi) is 4.60. The molecule has 30 heavy (non-hydrogen) atoms. The molecule has 3 heterocycles. The largest absolute Gasteiger partial charge is 0.493 e. The topological polar surface area (TPSA) is 109 Å². The number of imidazole rings is 1. The van der Waals surface area contributed by atoms with Gasteiger partial charge in [0.15, 0.2) is 0 Å². The molecule has 156 valence electrons. The van der Waals surface area contributed by atoms with E-state index in [9.17, 15) is 9.90 Å². The molecular formula is C22H25N5O3. The van der Waals surface area contributed by atoms with E-state index in [0.717, 1.165) is 29.3 Å². The zero-order valence-electron chi connectivity index (χ0n) is 16.7. The number of aliphatic hydroxyl groups excluding tert-OH is 1. The highest BCUT2D eigenvalue weighted by atomic mass is 16.5. The van der Waals surface area contributed by atoms with Crippen LogP contribution in [0.15, 0.2) is 36.9 Å². The molecule has 1 unspecified atom stereocenters. The molecule has 0 radical (unpaired) electrons. The lowest BCUT2D eigenvalue weighted by molar-refractivity contribution is 0.0301. The fraction of sp³-hybridized carbons (Fsp3) is 0.364. The quantitative estimate of drug-likeness (QED) is 0.520. The predicted octanol–water partition coefficient (Wildman–Crippen LogP) is 2.08. The van der Waals surface area contributed by atoms with Crippen molar-refractivity contribution in [2.24, 2.45) is 11.7 Å². The van der Waals surface area contributed by atoms with Gasteiger partial charge in [-0.1, -0.05) is 6.58 Å². The van der Waals surface area contributed by atoms with Crippen molar-refractivity contribution in [3.05, 3.63) is 53.9 Å². The first-order valence-electron chi connectivity index (χ1n) is 10.3. The second-order valence-electron chi connectivity index (χ2n) is 8.05. The third-order valence-electron chi connectivity index (χ3n) is 5.90. The summed E-state index contributed by atoms with van der Waals surface area (Å²) in [5.41, 5.74) is 9.94. The van der Waals surface area contributed by atoms with Gasteiger partial charge in [0.2, 0.25) is 0 Å². The van der Waals surface area contributed by atoms with Crippen LogP contribution in [0.5, 0.6) is 5.75 Å². The zero-order chi connectivity index (χ0) is 20.8. The molecule has 1 aliphatic carbocycles. The number of hydrogen-bond donors (Lipinski definition) is 3. The van der Waals surface area contributed by atoms with Gasteiger partial charge in [-0.05, 0) is 49.1 Å². The van der Waals surface area contributed by atoms with E-state index in [-0.39, 0.29) is 0 Å². The van der Waals surface area contributed by atoms with Gasteiger partial charge >= 0.3 is 0 Å². The average Bonchev–Trinajstić information content (AvgIpc) is 3.42. The summed E-state index contributed by atoms with van der Waals surface area (Å²) >= 11 is 0. The highest BCUT2D eigenvalue weighted by Crippen LogP contribution is 2.32. The number of benzene rings is 1. The molecule has 2 aliphatic rings. The molecule has 4 N–H and O–H groups in total. The fourth-order valence-corrected chi connectivity index (χ4v) is 3.99. The second kappa shape index (κ2) is 7.30. The number of aromatic amines is 1. The van der Waals surface area contributed by atoms with E-state index in [4.69, 9.17) is 15.6 Å². The van der Waals surface area contributed by atoms with Crippen LogP contribution >= 0.6 is 0 Å². The number of nitrogens with two attached hydrogens (primary N) is 1. The number of ether oxygens (including phenoxy) is 1. The van der Waals surface area contributed by atoms with Crippen LogP contribution < -0.4 is 10.5 Å². The normalized spacial score (nSPS) is 17.6. The molecule has 2 aromatic heterocycles. The maximum atomic E-state index is 12.3. The minimum absolute atomic E-state index is 0.367. The van der Waals surface area contributed by atoms with Gasteiger partial charge in [-0.15, -0.1) is 0 Å². The van der Waals surface area contributed by atoms with Crippen molar-refractivity contribution < 1.29 is 14.6 Å². The van der Waals surface area contributed by atoms with Crippen LogP contribution in [0.1, 0.15) is 34.6 Å². The van der Waals surface area contributed by atoms with Crippen molar-refractivity contribution in [3.8, 4) is 17.0 Å². The Bertz CT molecular complexity index is 1110. The van der Waals surface area contributed by atoms with Crippen LogP contribution in [-0.2, 0) is 13.0 Å². The van der Waals surface area contributed by atoms with Crippen molar-refractivity contribution >= 4 is 11.6 Å². The number of amides is 1. The molecule has 1 saturated carbocycles. The molecular weight excluding hydrogens is 382 g/mol. The minimum Gasteiger partial charge on any atom is -0.493 e. The van der Waals surface area contributed by atoms with Crippen LogP contribution in [-0.4, -0.2) is 49.9 Å². The van der Waals surface area contributed by atoms with E-state index in [1.165, 1.54) is 18.9 Å². The smallest absolute Gasteiger partial charge is 0.254 e. The third kappa shape index (κ3) is 3.28. The Labute approximate surface area is 173 Å². The summed E-state index contributed by atoms with van der Waals surface area (Å²) in [6.07, 6.45) is 3.98. The average molecular weight is 407 g/mol. The van der Waals surface area contributed by atoms with E-state index in [2.05, 4.69) is 11.6 Å². The number of rotatable bonds is 7. The summed E-state index contributed by atoms with van der Waals surface area (Å²) in [6, 6.07) is 7.59. The lowest BCUT2D eigenvalue weighted by Crippen LogP contribution is -2.38. The number of nitrogens with one attached hydrogen (secondary N) is 1. The molecule has 0 saturated heterocycles.